The number of hydrogen-bond acceptors (Lipinski definition) is 4. The number of amides is 1. The summed E-state index contributed by atoms with van der Waals surface area (Å²) in [4.78, 5) is 19.2. The third-order valence-corrected chi connectivity index (χ3v) is 6.50. The zero-order valence-corrected chi connectivity index (χ0v) is 17.1. The summed E-state index contributed by atoms with van der Waals surface area (Å²) in [5.41, 5.74) is 2.24. The van der Waals surface area contributed by atoms with Crippen LogP contribution < -0.4 is 0 Å². The Morgan fingerprint density at radius 1 is 1.14 bits per heavy atom. The molecule has 1 saturated heterocycles. The average molecular weight is 382 g/mol. The molecule has 1 aromatic carbocycles. The van der Waals surface area contributed by atoms with Crippen molar-refractivity contribution in [3.8, 4) is 11.4 Å². The van der Waals surface area contributed by atoms with Gasteiger partial charge in [0.25, 0.3) is 0 Å². The predicted octanol–water partition coefficient (Wildman–Crippen LogP) is 4.83. The lowest BCUT2D eigenvalue weighted by atomic mass is 9.75. The molecular weight excluding hydrogens is 350 g/mol. The van der Waals surface area contributed by atoms with Crippen LogP contribution in [0.1, 0.15) is 69.7 Å². The van der Waals surface area contributed by atoms with E-state index in [0.717, 1.165) is 30.5 Å². The van der Waals surface area contributed by atoms with Crippen LogP contribution in [0.25, 0.3) is 11.4 Å². The van der Waals surface area contributed by atoms with E-state index in [1.807, 2.05) is 12.1 Å². The van der Waals surface area contributed by atoms with E-state index >= 15 is 0 Å². The molecule has 0 N–H and O–H groups in total. The molecular formula is C23H31N3O2. The minimum Gasteiger partial charge on any atom is -0.342 e. The standard InChI is InChI=1S/C23H31N3O2/c1-16(2)17-7-9-19(10-8-17)23-24-21(28-25-23)11-12-22(27)26-14-13-18-5-3-4-6-20(18)15-26/h7-10,16,18,20H,3-6,11-15H2,1-2H3. The van der Waals surface area contributed by atoms with Crippen molar-refractivity contribution in [3.63, 3.8) is 0 Å². The van der Waals surface area contributed by atoms with Gasteiger partial charge in [-0.25, -0.2) is 0 Å². The Hall–Kier alpha value is -2.17. The Morgan fingerprint density at radius 3 is 2.64 bits per heavy atom. The highest BCUT2D eigenvalue weighted by Gasteiger charge is 2.32. The molecule has 28 heavy (non-hydrogen) atoms. The number of fused-ring (bicyclic) bond motifs is 1. The van der Waals surface area contributed by atoms with Gasteiger partial charge in [0, 0.05) is 31.5 Å². The second-order valence-electron chi connectivity index (χ2n) is 8.72. The van der Waals surface area contributed by atoms with E-state index in [-0.39, 0.29) is 5.91 Å². The summed E-state index contributed by atoms with van der Waals surface area (Å²) in [6.07, 6.45) is 7.48. The van der Waals surface area contributed by atoms with E-state index < -0.39 is 0 Å². The fraction of sp³-hybridized carbons (Fsp3) is 0.609. The zero-order valence-electron chi connectivity index (χ0n) is 17.1. The Morgan fingerprint density at radius 2 is 1.89 bits per heavy atom. The second kappa shape index (κ2) is 8.46. The first kappa shape index (κ1) is 19.2. The van der Waals surface area contributed by atoms with Gasteiger partial charge >= 0.3 is 0 Å². The van der Waals surface area contributed by atoms with Crippen LogP contribution in [-0.4, -0.2) is 34.0 Å². The normalized spacial score (nSPS) is 22.3. The quantitative estimate of drug-likeness (QED) is 0.744. The highest BCUT2D eigenvalue weighted by molar-refractivity contribution is 5.76. The van der Waals surface area contributed by atoms with E-state index in [9.17, 15) is 4.79 Å². The van der Waals surface area contributed by atoms with Gasteiger partial charge in [0.05, 0.1) is 0 Å². The Kier molecular flexibility index (Phi) is 5.79. The summed E-state index contributed by atoms with van der Waals surface area (Å²) < 4.78 is 5.39. The first-order valence-corrected chi connectivity index (χ1v) is 10.8. The van der Waals surface area contributed by atoms with Crippen molar-refractivity contribution in [1.29, 1.82) is 0 Å². The number of piperidine rings is 1. The molecule has 0 bridgehead atoms. The minimum absolute atomic E-state index is 0.227. The van der Waals surface area contributed by atoms with Crippen molar-refractivity contribution in [2.24, 2.45) is 11.8 Å². The topological polar surface area (TPSA) is 59.2 Å². The molecule has 4 rings (SSSR count). The molecule has 5 nitrogen and oxygen atoms in total. The van der Waals surface area contributed by atoms with E-state index in [0.29, 0.717) is 30.5 Å². The van der Waals surface area contributed by atoms with Gasteiger partial charge in [-0.3, -0.25) is 4.79 Å². The van der Waals surface area contributed by atoms with E-state index in [2.05, 4.69) is 41.0 Å². The van der Waals surface area contributed by atoms with E-state index in [4.69, 9.17) is 4.52 Å². The number of nitrogens with zero attached hydrogens (tertiary/aromatic N) is 3. The van der Waals surface area contributed by atoms with Gasteiger partial charge in [0.15, 0.2) is 0 Å². The third-order valence-electron chi connectivity index (χ3n) is 6.50. The summed E-state index contributed by atoms with van der Waals surface area (Å²) in [6, 6.07) is 8.27. The van der Waals surface area contributed by atoms with Crippen molar-refractivity contribution in [3.05, 3.63) is 35.7 Å². The fourth-order valence-electron chi connectivity index (χ4n) is 4.69. The van der Waals surface area contributed by atoms with E-state index in [1.165, 1.54) is 37.7 Å². The molecule has 0 spiro atoms. The lowest BCUT2D eigenvalue weighted by Gasteiger charge is -2.41. The highest BCUT2D eigenvalue weighted by atomic mass is 16.5. The van der Waals surface area contributed by atoms with Crippen molar-refractivity contribution in [1.82, 2.24) is 15.0 Å². The van der Waals surface area contributed by atoms with Crippen LogP contribution in [-0.2, 0) is 11.2 Å². The molecule has 2 unspecified atom stereocenters. The van der Waals surface area contributed by atoms with Gasteiger partial charge in [0.1, 0.15) is 0 Å². The summed E-state index contributed by atoms with van der Waals surface area (Å²) in [5.74, 6) is 3.43. The van der Waals surface area contributed by atoms with Crippen LogP contribution in [0.3, 0.4) is 0 Å². The monoisotopic (exact) mass is 381 g/mol. The number of hydrogen-bond donors (Lipinski definition) is 0. The van der Waals surface area contributed by atoms with Gasteiger partial charge < -0.3 is 9.42 Å². The number of benzene rings is 1. The van der Waals surface area contributed by atoms with Crippen molar-refractivity contribution in [2.75, 3.05) is 13.1 Å². The van der Waals surface area contributed by atoms with Crippen molar-refractivity contribution < 1.29 is 9.32 Å². The number of carbonyl (C=O) groups is 1. The summed E-state index contributed by atoms with van der Waals surface area (Å²) in [7, 11) is 0. The first-order valence-electron chi connectivity index (χ1n) is 10.8. The van der Waals surface area contributed by atoms with Gasteiger partial charge in [-0.15, -0.1) is 0 Å². The molecule has 1 amide bonds. The third kappa shape index (κ3) is 4.29. The number of likely N-dealkylation sites (tertiary alicyclic amines) is 1. The average Bonchev–Trinajstić information content (AvgIpc) is 3.21. The van der Waals surface area contributed by atoms with Crippen molar-refractivity contribution in [2.45, 2.75) is 64.7 Å². The largest absolute Gasteiger partial charge is 0.342 e. The van der Waals surface area contributed by atoms with Gasteiger partial charge in [-0.05, 0) is 36.2 Å². The lowest BCUT2D eigenvalue weighted by Crippen LogP contribution is -2.44. The molecule has 1 saturated carbocycles. The number of aromatic nitrogens is 2. The summed E-state index contributed by atoms with van der Waals surface area (Å²) in [6.45, 7) is 6.21. The van der Waals surface area contributed by atoms with Crippen LogP contribution >= 0.6 is 0 Å². The molecule has 1 aliphatic carbocycles. The maximum Gasteiger partial charge on any atom is 0.227 e. The molecule has 2 atom stereocenters. The predicted molar refractivity (Wildman–Crippen MR) is 109 cm³/mol. The van der Waals surface area contributed by atoms with Crippen LogP contribution in [0.5, 0.6) is 0 Å². The number of rotatable bonds is 5. The Bertz CT molecular complexity index is 796. The minimum atomic E-state index is 0.227. The number of aryl methyl sites for hydroxylation is 1. The zero-order chi connectivity index (χ0) is 19.5. The molecule has 0 radical (unpaired) electrons. The van der Waals surface area contributed by atoms with Crippen LogP contribution in [0.2, 0.25) is 0 Å². The maximum absolute atomic E-state index is 12.7. The molecule has 150 valence electrons. The van der Waals surface area contributed by atoms with Crippen LogP contribution in [0.4, 0.5) is 0 Å². The number of carbonyl (C=O) groups excluding carboxylic acids is 1. The molecule has 2 aromatic rings. The molecule has 2 fully saturated rings. The summed E-state index contributed by atoms with van der Waals surface area (Å²) >= 11 is 0. The smallest absolute Gasteiger partial charge is 0.227 e. The summed E-state index contributed by atoms with van der Waals surface area (Å²) in [5, 5.41) is 4.09. The molecule has 2 heterocycles. The van der Waals surface area contributed by atoms with E-state index in [1.54, 1.807) is 0 Å². The molecule has 1 aliphatic heterocycles. The van der Waals surface area contributed by atoms with Crippen LogP contribution in [0.15, 0.2) is 28.8 Å². The second-order valence-corrected chi connectivity index (χ2v) is 8.72. The van der Waals surface area contributed by atoms with Gasteiger partial charge in [-0.1, -0.05) is 62.5 Å². The van der Waals surface area contributed by atoms with Gasteiger partial charge in [-0.2, -0.15) is 4.98 Å². The van der Waals surface area contributed by atoms with Crippen LogP contribution in [0, 0.1) is 11.8 Å². The van der Waals surface area contributed by atoms with Gasteiger partial charge in [0.2, 0.25) is 17.6 Å². The van der Waals surface area contributed by atoms with Crippen molar-refractivity contribution >= 4 is 5.91 Å². The Labute approximate surface area is 167 Å². The maximum atomic E-state index is 12.7. The molecule has 1 aromatic heterocycles. The Balaban J connectivity index is 1.31. The SMILES string of the molecule is CC(C)c1ccc(-c2noc(CCC(=O)N3CCC4CCCCC4C3)n2)cc1. The first-order chi connectivity index (χ1) is 13.6. The highest BCUT2D eigenvalue weighted by Crippen LogP contribution is 2.36. The molecule has 5 heteroatoms. The fourth-order valence-corrected chi connectivity index (χ4v) is 4.69. The lowest BCUT2D eigenvalue weighted by molar-refractivity contribution is -0.134. The molecule has 2 aliphatic rings.